The molecule has 2 rings (SSSR count). The van der Waals surface area contributed by atoms with Gasteiger partial charge in [-0.3, -0.25) is 4.79 Å². The normalized spacial score (nSPS) is 19.4. The third kappa shape index (κ3) is 1.49. The molecule has 0 fully saturated rings. The predicted octanol–water partition coefficient (Wildman–Crippen LogP) is 2.51. The van der Waals surface area contributed by atoms with Crippen LogP contribution in [0.4, 0.5) is 0 Å². The number of amides is 1. The molecule has 1 aromatic rings. The molecule has 0 spiro atoms. The van der Waals surface area contributed by atoms with Gasteiger partial charge in [0.1, 0.15) is 0 Å². The van der Waals surface area contributed by atoms with E-state index in [1.807, 2.05) is 0 Å². The largest absolute Gasteiger partial charge is 0.369 e. The first-order valence-electron chi connectivity index (χ1n) is 4.36. The van der Waals surface area contributed by atoms with Gasteiger partial charge in [0.25, 0.3) is 0 Å². The van der Waals surface area contributed by atoms with Gasteiger partial charge in [0.15, 0.2) is 0 Å². The van der Waals surface area contributed by atoms with Crippen LogP contribution in [0.3, 0.4) is 0 Å². The maximum Gasteiger partial charge on any atom is 0.224 e. The van der Waals surface area contributed by atoms with E-state index in [-0.39, 0.29) is 11.8 Å². The van der Waals surface area contributed by atoms with Crippen LogP contribution in [0.5, 0.6) is 0 Å². The first-order valence-corrected chi connectivity index (χ1v) is 5.12. The van der Waals surface area contributed by atoms with E-state index in [1.54, 1.807) is 12.1 Å². The summed E-state index contributed by atoms with van der Waals surface area (Å²) in [5.41, 5.74) is 7.20. The van der Waals surface area contributed by atoms with Crippen molar-refractivity contribution in [2.75, 3.05) is 0 Å². The fourth-order valence-corrected chi connectivity index (χ4v) is 2.54. The monoisotopic (exact) mass is 229 g/mol. The highest BCUT2D eigenvalue weighted by Gasteiger charge is 2.28. The van der Waals surface area contributed by atoms with Gasteiger partial charge in [0.2, 0.25) is 5.91 Å². The third-order valence-corrected chi connectivity index (χ3v) is 3.15. The van der Waals surface area contributed by atoms with Crippen LogP contribution in [0.1, 0.15) is 23.5 Å². The van der Waals surface area contributed by atoms with Gasteiger partial charge in [0, 0.05) is 10.0 Å². The summed E-state index contributed by atoms with van der Waals surface area (Å²) in [7, 11) is 0. The van der Waals surface area contributed by atoms with Crippen LogP contribution < -0.4 is 5.73 Å². The summed E-state index contributed by atoms with van der Waals surface area (Å²) < 4.78 is 0. The van der Waals surface area contributed by atoms with Gasteiger partial charge in [-0.1, -0.05) is 23.2 Å². The van der Waals surface area contributed by atoms with Crippen LogP contribution >= 0.6 is 23.2 Å². The lowest BCUT2D eigenvalue weighted by molar-refractivity contribution is -0.119. The summed E-state index contributed by atoms with van der Waals surface area (Å²) in [6, 6.07) is 3.48. The van der Waals surface area contributed by atoms with Crippen molar-refractivity contribution in [3.8, 4) is 0 Å². The second-order valence-corrected chi connectivity index (χ2v) is 4.29. The topological polar surface area (TPSA) is 43.1 Å². The maximum atomic E-state index is 11.1. The van der Waals surface area contributed by atoms with Gasteiger partial charge in [-0.15, -0.1) is 0 Å². The fraction of sp³-hybridized carbons (Fsp3) is 0.300. The van der Waals surface area contributed by atoms with Crippen molar-refractivity contribution in [3.63, 3.8) is 0 Å². The van der Waals surface area contributed by atoms with E-state index in [2.05, 4.69) is 0 Å². The summed E-state index contributed by atoms with van der Waals surface area (Å²) >= 11 is 11.9. The quantitative estimate of drug-likeness (QED) is 0.791. The SMILES string of the molecule is NC(=O)C1CCc2c(Cl)cc(Cl)cc21. The third-order valence-electron chi connectivity index (χ3n) is 2.60. The average Bonchev–Trinajstić information content (AvgIpc) is 2.47. The number of primary amides is 1. The molecule has 1 atom stereocenters. The Hall–Kier alpha value is -0.730. The van der Waals surface area contributed by atoms with Crippen molar-refractivity contribution in [3.05, 3.63) is 33.3 Å². The summed E-state index contributed by atoms with van der Waals surface area (Å²) in [6.07, 6.45) is 1.55. The van der Waals surface area contributed by atoms with E-state index in [4.69, 9.17) is 28.9 Å². The lowest BCUT2D eigenvalue weighted by atomic mass is 10.0. The highest BCUT2D eigenvalue weighted by Crippen LogP contribution is 2.38. The number of halogens is 2. The van der Waals surface area contributed by atoms with E-state index < -0.39 is 0 Å². The van der Waals surface area contributed by atoms with Crippen molar-refractivity contribution < 1.29 is 4.79 Å². The van der Waals surface area contributed by atoms with Gasteiger partial charge in [0.05, 0.1) is 5.92 Å². The molecule has 1 amide bonds. The first-order chi connectivity index (χ1) is 6.59. The molecule has 0 saturated carbocycles. The van der Waals surface area contributed by atoms with E-state index in [9.17, 15) is 4.79 Å². The highest BCUT2D eigenvalue weighted by atomic mass is 35.5. The molecule has 1 aliphatic rings. The van der Waals surface area contributed by atoms with Crippen LogP contribution in [0.25, 0.3) is 0 Å². The fourth-order valence-electron chi connectivity index (χ4n) is 1.94. The molecule has 0 aliphatic heterocycles. The van der Waals surface area contributed by atoms with Crippen molar-refractivity contribution >= 4 is 29.1 Å². The molecule has 4 heteroatoms. The van der Waals surface area contributed by atoms with Crippen LogP contribution in [-0.2, 0) is 11.2 Å². The summed E-state index contributed by atoms with van der Waals surface area (Å²) in [5.74, 6) is -0.525. The number of carbonyl (C=O) groups excluding carboxylic acids is 1. The average molecular weight is 230 g/mol. The smallest absolute Gasteiger partial charge is 0.224 e. The van der Waals surface area contributed by atoms with E-state index in [0.29, 0.717) is 10.0 Å². The molecule has 2 N–H and O–H groups in total. The number of carbonyl (C=O) groups is 1. The van der Waals surface area contributed by atoms with Crippen molar-refractivity contribution in [2.45, 2.75) is 18.8 Å². The Morgan fingerprint density at radius 1 is 1.43 bits per heavy atom. The molecule has 2 nitrogen and oxygen atoms in total. The van der Waals surface area contributed by atoms with E-state index in [1.165, 1.54) is 0 Å². The first kappa shape index (κ1) is 9.81. The molecular weight excluding hydrogens is 221 g/mol. The molecule has 0 bridgehead atoms. The van der Waals surface area contributed by atoms with Gasteiger partial charge >= 0.3 is 0 Å². The number of hydrogen-bond donors (Lipinski definition) is 1. The Morgan fingerprint density at radius 3 is 2.79 bits per heavy atom. The number of fused-ring (bicyclic) bond motifs is 1. The zero-order valence-corrected chi connectivity index (χ0v) is 8.90. The molecule has 74 valence electrons. The Balaban J connectivity index is 2.54. The number of hydrogen-bond acceptors (Lipinski definition) is 1. The Morgan fingerprint density at radius 2 is 2.14 bits per heavy atom. The predicted molar refractivity (Wildman–Crippen MR) is 56.7 cm³/mol. The molecule has 0 heterocycles. The molecule has 1 aliphatic carbocycles. The summed E-state index contributed by atoms with van der Waals surface area (Å²) in [4.78, 5) is 11.1. The van der Waals surface area contributed by atoms with Gasteiger partial charge in [-0.05, 0) is 36.1 Å². The van der Waals surface area contributed by atoms with Crippen LogP contribution in [0.15, 0.2) is 12.1 Å². The van der Waals surface area contributed by atoms with Gasteiger partial charge in [-0.2, -0.15) is 0 Å². The molecular formula is C10H9Cl2NO. The van der Waals surface area contributed by atoms with Gasteiger partial charge < -0.3 is 5.73 Å². The van der Waals surface area contributed by atoms with Crippen LogP contribution in [0, 0.1) is 0 Å². The molecule has 1 aromatic carbocycles. The Labute approximate surface area is 92.0 Å². The Bertz CT molecular complexity index is 403. The number of nitrogens with two attached hydrogens (primary N) is 1. The maximum absolute atomic E-state index is 11.1. The summed E-state index contributed by atoms with van der Waals surface area (Å²) in [6.45, 7) is 0. The lowest BCUT2D eigenvalue weighted by Gasteiger charge is -2.07. The zero-order valence-electron chi connectivity index (χ0n) is 7.39. The highest BCUT2D eigenvalue weighted by molar-refractivity contribution is 6.35. The van der Waals surface area contributed by atoms with E-state index >= 15 is 0 Å². The minimum Gasteiger partial charge on any atom is -0.369 e. The second kappa shape index (κ2) is 3.44. The second-order valence-electron chi connectivity index (χ2n) is 3.45. The molecule has 14 heavy (non-hydrogen) atoms. The zero-order chi connectivity index (χ0) is 10.3. The molecule has 1 unspecified atom stereocenters. The number of rotatable bonds is 1. The van der Waals surface area contributed by atoms with Gasteiger partial charge in [-0.25, -0.2) is 0 Å². The number of benzene rings is 1. The van der Waals surface area contributed by atoms with Crippen LogP contribution in [-0.4, -0.2) is 5.91 Å². The minimum atomic E-state index is -0.304. The molecule has 0 aromatic heterocycles. The van der Waals surface area contributed by atoms with Crippen LogP contribution in [0.2, 0.25) is 10.0 Å². The van der Waals surface area contributed by atoms with Crippen molar-refractivity contribution in [1.29, 1.82) is 0 Å². The molecule has 0 saturated heterocycles. The van der Waals surface area contributed by atoms with E-state index in [0.717, 1.165) is 24.0 Å². The standard InChI is InChI=1S/C10H9Cl2NO/c11-5-3-8-6(9(12)4-5)1-2-7(8)10(13)14/h3-4,7H,1-2H2,(H2,13,14). The van der Waals surface area contributed by atoms with Crippen molar-refractivity contribution in [2.24, 2.45) is 5.73 Å². The minimum absolute atomic E-state index is 0.221. The molecule has 0 radical (unpaired) electrons. The lowest BCUT2D eigenvalue weighted by Crippen LogP contribution is -2.19. The Kier molecular flexibility index (Phi) is 2.41. The summed E-state index contributed by atoms with van der Waals surface area (Å²) in [5, 5.41) is 1.19. The van der Waals surface area contributed by atoms with Crippen molar-refractivity contribution in [1.82, 2.24) is 0 Å².